The molecule has 0 N–H and O–H groups in total. The van der Waals surface area contributed by atoms with Gasteiger partial charge in [-0.15, -0.1) is 0 Å². The van der Waals surface area contributed by atoms with Crippen LogP contribution < -0.4 is 19.6 Å². The van der Waals surface area contributed by atoms with Crippen molar-refractivity contribution in [1.82, 2.24) is 0 Å². The molecule has 2 aliphatic rings. The van der Waals surface area contributed by atoms with Crippen LogP contribution in [0.1, 0.15) is 18.2 Å². The van der Waals surface area contributed by atoms with E-state index in [1.807, 2.05) is 32.0 Å². The van der Waals surface area contributed by atoms with Crippen LogP contribution in [0.25, 0.3) is 22.5 Å². The second kappa shape index (κ2) is 7.12. The van der Waals surface area contributed by atoms with Gasteiger partial charge in [0.25, 0.3) is 0 Å². The molecule has 0 atom stereocenters. The Balaban J connectivity index is 2.34. The van der Waals surface area contributed by atoms with Crippen molar-refractivity contribution in [2.45, 2.75) is 20.3 Å². The molecule has 1 aromatic carbocycles. The maximum absolute atomic E-state index is 12.3. The number of ether oxygens (including phenoxy) is 3. The number of aryl methyl sites for hydroxylation is 1. The fraction of sp³-hybridized carbons (Fsp3) is 0.286. The molecule has 0 bridgehead atoms. The van der Waals surface area contributed by atoms with E-state index in [-0.39, 0.29) is 5.43 Å². The fourth-order valence-electron chi connectivity index (χ4n) is 3.25. The van der Waals surface area contributed by atoms with Crippen LogP contribution in [0.5, 0.6) is 17.2 Å². The fourth-order valence-corrected chi connectivity index (χ4v) is 3.25. The van der Waals surface area contributed by atoms with E-state index < -0.39 is 0 Å². The van der Waals surface area contributed by atoms with E-state index in [1.54, 1.807) is 26.4 Å². The van der Waals surface area contributed by atoms with Crippen LogP contribution in [-0.4, -0.2) is 21.3 Å². The lowest BCUT2D eigenvalue weighted by atomic mass is 9.92. The maximum atomic E-state index is 12.3. The third-order valence-electron chi connectivity index (χ3n) is 4.55. The second-order valence-corrected chi connectivity index (χ2v) is 5.94. The molecule has 5 heteroatoms. The molecule has 0 aromatic heterocycles. The molecular weight excluding hydrogens is 332 g/mol. The van der Waals surface area contributed by atoms with Crippen LogP contribution in [0.15, 0.2) is 39.5 Å². The van der Waals surface area contributed by atoms with E-state index in [2.05, 4.69) is 0 Å². The summed E-state index contributed by atoms with van der Waals surface area (Å²) >= 11 is 0. The van der Waals surface area contributed by atoms with Gasteiger partial charge in [-0.3, -0.25) is 4.79 Å². The summed E-state index contributed by atoms with van der Waals surface area (Å²) in [7, 11) is 4.68. The zero-order chi connectivity index (χ0) is 18.8. The highest BCUT2D eigenvalue weighted by Crippen LogP contribution is 2.41. The Morgan fingerprint density at radius 1 is 0.885 bits per heavy atom. The first-order chi connectivity index (χ1) is 12.5. The third-order valence-corrected chi connectivity index (χ3v) is 4.55. The van der Waals surface area contributed by atoms with Crippen molar-refractivity contribution in [3.8, 4) is 39.7 Å². The van der Waals surface area contributed by atoms with Gasteiger partial charge in [-0.25, -0.2) is 0 Å². The van der Waals surface area contributed by atoms with Crippen LogP contribution in [-0.2, 0) is 6.42 Å². The van der Waals surface area contributed by atoms with E-state index in [1.165, 1.54) is 7.11 Å². The Kier molecular flexibility index (Phi) is 4.89. The smallest absolute Gasteiger partial charge is 0.220 e. The Bertz CT molecular complexity index is 971. The van der Waals surface area contributed by atoms with Gasteiger partial charge in [-0.05, 0) is 54.8 Å². The molecule has 136 valence electrons. The minimum absolute atomic E-state index is 0.140. The predicted octanol–water partition coefficient (Wildman–Crippen LogP) is 4.31. The standard InChI is InChI=1S/C21H22O5/c1-6-14-12(2)26-21(13-7-8-18(23-3)20(9-13)25-5)16-11-19(24-4)17(22)10-15(14)16/h7-11H,6H2,1-5H3. The van der Waals surface area contributed by atoms with Crippen molar-refractivity contribution in [2.24, 2.45) is 0 Å². The third kappa shape index (κ3) is 2.90. The first-order valence-corrected chi connectivity index (χ1v) is 8.40. The molecule has 1 aromatic rings. The molecule has 1 heterocycles. The number of benzene rings is 2. The normalized spacial score (nSPS) is 10.8. The van der Waals surface area contributed by atoms with Crippen LogP contribution in [0, 0.1) is 6.92 Å². The molecular formula is C21H22O5. The summed E-state index contributed by atoms with van der Waals surface area (Å²) in [5.41, 5.74) is 3.42. The van der Waals surface area contributed by atoms with E-state index >= 15 is 0 Å². The molecule has 0 saturated heterocycles. The molecule has 5 nitrogen and oxygen atoms in total. The quantitative estimate of drug-likeness (QED) is 0.683. The molecule has 0 unspecified atom stereocenters. The molecule has 0 radical (unpaired) electrons. The molecule has 1 aliphatic heterocycles. The highest BCUT2D eigenvalue weighted by atomic mass is 16.5. The molecule has 0 saturated carbocycles. The van der Waals surface area contributed by atoms with Crippen LogP contribution in [0.3, 0.4) is 0 Å². The zero-order valence-corrected chi connectivity index (χ0v) is 15.6. The van der Waals surface area contributed by atoms with E-state index in [0.717, 1.165) is 34.4 Å². The molecule has 1 aliphatic carbocycles. The van der Waals surface area contributed by atoms with Gasteiger partial charge >= 0.3 is 0 Å². The summed E-state index contributed by atoms with van der Waals surface area (Å²) in [4.78, 5) is 12.3. The van der Waals surface area contributed by atoms with E-state index in [9.17, 15) is 4.79 Å². The van der Waals surface area contributed by atoms with Crippen molar-refractivity contribution >= 4 is 0 Å². The number of fused-ring (bicyclic) bond motifs is 1. The molecule has 3 rings (SSSR count). The van der Waals surface area contributed by atoms with Gasteiger partial charge in [0.15, 0.2) is 17.2 Å². The molecule has 0 fully saturated rings. The van der Waals surface area contributed by atoms with E-state index in [4.69, 9.17) is 18.6 Å². The monoisotopic (exact) mass is 354 g/mol. The van der Waals surface area contributed by atoms with Gasteiger partial charge in [-0.1, -0.05) is 6.92 Å². The molecule has 0 amide bonds. The molecule has 26 heavy (non-hydrogen) atoms. The number of hydrogen-bond acceptors (Lipinski definition) is 5. The number of hydrogen-bond donors (Lipinski definition) is 0. The van der Waals surface area contributed by atoms with Crippen LogP contribution >= 0.6 is 0 Å². The van der Waals surface area contributed by atoms with Crippen molar-refractivity contribution in [3.63, 3.8) is 0 Å². The minimum Gasteiger partial charge on any atom is -0.493 e. The number of methoxy groups -OCH3 is 3. The first-order valence-electron chi connectivity index (χ1n) is 8.40. The summed E-state index contributed by atoms with van der Waals surface area (Å²) in [6, 6.07) is 8.96. The first kappa shape index (κ1) is 17.9. The average molecular weight is 354 g/mol. The van der Waals surface area contributed by atoms with Crippen molar-refractivity contribution in [3.05, 3.63) is 51.9 Å². The maximum Gasteiger partial charge on any atom is 0.220 e. The lowest BCUT2D eigenvalue weighted by Crippen LogP contribution is -2.08. The lowest BCUT2D eigenvalue weighted by Gasteiger charge is -2.19. The zero-order valence-electron chi connectivity index (χ0n) is 15.6. The average Bonchev–Trinajstić information content (AvgIpc) is 2.66. The lowest BCUT2D eigenvalue weighted by molar-refractivity contribution is 0.355. The summed E-state index contributed by atoms with van der Waals surface area (Å²) < 4.78 is 22.1. The topological polar surface area (TPSA) is 57.9 Å². The highest BCUT2D eigenvalue weighted by molar-refractivity contribution is 5.84. The van der Waals surface area contributed by atoms with Crippen molar-refractivity contribution < 1.29 is 18.6 Å². The summed E-state index contributed by atoms with van der Waals surface area (Å²) in [6.45, 7) is 3.96. The Morgan fingerprint density at radius 2 is 1.58 bits per heavy atom. The Morgan fingerprint density at radius 3 is 2.19 bits per heavy atom. The summed E-state index contributed by atoms with van der Waals surface area (Å²) in [5, 5.41) is 0. The van der Waals surface area contributed by atoms with Gasteiger partial charge in [0.1, 0.15) is 11.5 Å². The van der Waals surface area contributed by atoms with E-state index in [0.29, 0.717) is 23.0 Å². The van der Waals surface area contributed by atoms with Crippen LogP contribution in [0.4, 0.5) is 0 Å². The number of rotatable bonds is 5. The largest absolute Gasteiger partial charge is 0.493 e. The molecule has 0 spiro atoms. The van der Waals surface area contributed by atoms with Gasteiger partial charge in [0.2, 0.25) is 5.43 Å². The Labute approximate surface area is 152 Å². The van der Waals surface area contributed by atoms with Crippen LogP contribution in [0.2, 0.25) is 0 Å². The van der Waals surface area contributed by atoms with Gasteiger partial charge in [0.05, 0.1) is 21.3 Å². The van der Waals surface area contributed by atoms with Gasteiger partial charge in [-0.2, -0.15) is 0 Å². The summed E-state index contributed by atoms with van der Waals surface area (Å²) in [6.07, 6.45) is 0.768. The SMILES string of the molecule is CCc1c2cc(=O)c(OC)cc-2c(-c2ccc(OC)c(OC)c2)oc1C. The predicted molar refractivity (Wildman–Crippen MR) is 101 cm³/mol. The van der Waals surface area contributed by atoms with Gasteiger partial charge in [0, 0.05) is 11.1 Å². The van der Waals surface area contributed by atoms with Gasteiger partial charge < -0.3 is 18.6 Å². The van der Waals surface area contributed by atoms with Crippen molar-refractivity contribution in [2.75, 3.05) is 21.3 Å². The van der Waals surface area contributed by atoms with Crippen molar-refractivity contribution in [1.29, 1.82) is 0 Å². The minimum atomic E-state index is -0.140. The Hall–Kier alpha value is -2.95. The highest BCUT2D eigenvalue weighted by Gasteiger charge is 2.21. The summed E-state index contributed by atoms with van der Waals surface area (Å²) in [5.74, 6) is 2.99. The second-order valence-electron chi connectivity index (χ2n) is 5.94.